The van der Waals surface area contributed by atoms with Crippen LogP contribution in [0.2, 0.25) is 0 Å². The van der Waals surface area contributed by atoms with Crippen LogP contribution in [0.25, 0.3) is 0 Å². The molecule has 0 aromatic heterocycles. The van der Waals surface area contributed by atoms with Crippen molar-refractivity contribution in [2.75, 3.05) is 36.4 Å². The Hall–Kier alpha value is -2.84. The first kappa shape index (κ1) is 17.0. The second kappa shape index (κ2) is 7.82. The SMILES string of the molecule is C[C@@H](C(=O)Nc1ccccc1C#N)[NH+]1CCN(c2ccccc2)CC1. The predicted molar refractivity (Wildman–Crippen MR) is 98.6 cm³/mol. The summed E-state index contributed by atoms with van der Waals surface area (Å²) < 4.78 is 0. The number of hydrogen-bond donors (Lipinski definition) is 2. The Balaban J connectivity index is 1.58. The van der Waals surface area contributed by atoms with Gasteiger partial charge in [0.2, 0.25) is 0 Å². The van der Waals surface area contributed by atoms with Gasteiger partial charge in [-0.2, -0.15) is 5.26 Å². The van der Waals surface area contributed by atoms with E-state index in [1.165, 1.54) is 10.6 Å². The molecule has 1 heterocycles. The van der Waals surface area contributed by atoms with Gasteiger partial charge in [-0.05, 0) is 31.2 Å². The fourth-order valence-corrected chi connectivity index (χ4v) is 3.24. The molecule has 2 aromatic carbocycles. The van der Waals surface area contributed by atoms with Gasteiger partial charge in [-0.15, -0.1) is 0 Å². The molecule has 3 rings (SSSR count). The van der Waals surface area contributed by atoms with Crippen molar-refractivity contribution in [3.63, 3.8) is 0 Å². The van der Waals surface area contributed by atoms with Gasteiger partial charge in [-0.1, -0.05) is 30.3 Å². The fourth-order valence-electron chi connectivity index (χ4n) is 3.24. The molecular formula is C20H23N4O+. The summed E-state index contributed by atoms with van der Waals surface area (Å²) >= 11 is 0. The van der Waals surface area contributed by atoms with E-state index in [1.807, 2.05) is 19.1 Å². The molecule has 5 nitrogen and oxygen atoms in total. The molecule has 0 radical (unpaired) electrons. The van der Waals surface area contributed by atoms with Crippen molar-refractivity contribution in [3.8, 4) is 6.07 Å². The maximum atomic E-state index is 12.6. The van der Waals surface area contributed by atoms with Crippen molar-refractivity contribution in [1.29, 1.82) is 5.26 Å². The Morgan fingerprint density at radius 3 is 2.44 bits per heavy atom. The van der Waals surface area contributed by atoms with Crippen LogP contribution >= 0.6 is 0 Å². The van der Waals surface area contributed by atoms with Gasteiger partial charge in [-0.25, -0.2) is 0 Å². The second-order valence-corrected chi connectivity index (χ2v) is 6.35. The molecule has 1 saturated heterocycles. The first-order chi connectivity index (χ1) is 12.2. The quantitative estimate of drug-likeness (QED) is 0.885. The number of para-hydroxylation sites is 2. The molecule has 1 aliphatic heterocycles. The largest absolute Gasteiger partial charge is 0.360 e. The van der Waals surface area contributed by atoms with Gasteiger partial charge < -0.3 is 15.1 Å². The Bertz CT molecular complexity index is 761. The average molecular weight is 335 g/mol. The van der Waals surface area contributed by atoms with Gasteiger partial charge in [0.1, 0.15) is 6.07 Å². The number of carbonyl (C=O) groups excluding carboxylic acids is 1. The number of anilines is 2. The minimum absolute atomic E-state index is 0.0362. The average Bonchev–Trinajstić information content (AvgIpc) is 2.68. The number of nitriles is 1. The minimum Gasteiger partial charge on any atom is -0.360 e. The highest BCUT2D eigenvalue weighted by Crippen LogP contribution is 2.14. The van der Waals surface area contributed by atoms with Crippen LogP contribution in [-0.2, 0) is 4.79 Å². The van der Waals surface area contributed by atoms with E-state index in [2.05, 4.69) is 40.6 Å². The van der Waals surface area contributed by atoms with E-state index >= 15 is 0 Å². The molecule has 1 atom stereocenters. The Morgan fingerprint density at radius 2 is 1.76 bits per heavy atom. The summed E-state index contributed by atoms with van der Waals surface area (Å²) in [5.74, 6) is -0.0362. The highest BCUT2D eigenvalue weighted by Gasteiger charge is 2.29. The van der Waals surface area contributed by atoms with Gasteiger partial charge in [-0.3, -0.25) is 4.79 Å². The van der Waals surface area contributed by atoms with Crippen molar-refractivity contribution >= 4 is 17.3 Å². The zero-order valence-electron chi connectivity index (χ0n) is 14.4. The predicted octanol–water partition coefficient (Wildman–Crippen LogP) is 1.29. The van der Waals surface area contributed by atoms with Crippen molar-refractivity contribution in [3.05, 3.63) is 60.2 Å². The van der Waals surface area contributed by atoms with Crippen LogP contribution in [0.5, 0.6) is 0 Å². The van der Waals surface area contributed by atoms with Crippen LogP contribution in [0, 0.1) is 11.3 Å². The van der Waals surface area contributed by atoms with Crippen molar-refractivity contribution < 1.29 is 9.69 Å². The maximum Gasteiger partial charge on any atom is 0.282 e. The monoisotopic (exact) mass is 335 g/mol. The fraction of sp³-hybridized carbons (Fsp3) is 0.300. The molecule has 0 aliphatic carbocycles. The summed E-state index contributed by atoms with van der Waals surface area (Å²) in [6, 6.07) is 19.5. The van der Waals surface area contributed by atoms with E-state index in [0.717, 1.165) is 26.2 Å². The highest BCUT2D eigenvalue weighted by molar-refractivity contribution is 5.94. The van der Waals surface area contributed by atoms with Crippen LogP contribution in [0.15, 0.2) is 54.6 Å². The van der Waals surface area contributed by atoms with E-state index < -0.39 is 0 Å². The Labute approximate surface area is 148 Å². The molecule has 2 N–H and O–H groups in total. The van der Waals surface area contributed by atoms with Crippen molar-refractivity contribution in [1.82, 2.24) is 0 Å². The summed E-state index contributed by atoms with van der Waals surface area (Å²) in [6.45, 7) is 5.67. The number of carbonyl (C=O) groups is 1. The highest BCUT2D eigenvalue weighted by atomic mass is 16.2. The third-order valence-electron chi connectivity index (χ3n) is 4.84. The van der Waals surface area contributed by atoms with E-state index in [-0.39, 0.29) is 11.9 Å². The molecule has 0 spiro atoms. The van der Waals surface area contributed by atoms with Crippen LogP contribution in [-0.4, -0.2) is 38.1 Å². The third kappa shape index (κ3) is 3.98. The number of nitrogens with one attached hydrogen (secondary N) is 2. The molecular weight excluding hydrogens is 312 g/mol. The lowest BCUT2D eigenvalue weighted by atomic mass is 10.1. The summed E-state index contributed by atoms with van der Waals surface area (Å²) in [5, 5.41) is 12.0. The summed E-state index contributed by atoms with van der Waals surface area (Å²) in [6.07, 6.45) is 0. The van der Waals surface area contributed by atoms with E-state index in [4.69, 9.17) is 5.26 Å². The molecule has 1 amide bonds. The molecule has 1 aliphatic rings. The zero-order valence-corrected chi connectivity index (χ0v) is 14.4. The lowest BCUT2D eigenvalue weighted by Crippen LogP contribution is -3.19. The molecule has 0 bridgehead atoms. The van der Waals surface area contributed by atoms with Gasteiger partial charge in [0.25, 0.3) is 5.91 Å². The van der Waals surface area contributed by atoms with Crippen molar-refractivity contribution in [2.24, 2.45) is 0 Å². The molecule has 0 unspecified atom stereocenters. The number of rotatable bonds is 4. The summed E-state index contributed by atoms with van der Waals surface area (Å²) in [7, 11) is 0. The standard InChI is InChI=1S/C20H22N4O/c1-16(20(25)22-19-10-6-5-7-17(19)15-21)23-11-13-24(14-12-23)18-8-3-2-4-9-18/h2-10,16H,11-14H2,1H3,(H,22,25)/p+1/t16-/m0/s1. The Morgan fingerprint density at radius 1 is 1.12 bits per heavy atom. The number of piperazine rings is 1. The normalized spacial score (nSPS) is 16.1. The van der Waals surface area contributed by atoms with Crippen LogP contribution in [0.3, 0.4) is 0 Å². The molecule has 0 saturated carbocycles. The van der Waals surface area contributed by atoms with Gasteiger partial charge >= 0.3 is 0 Å². The number of hydrogen-bond acceptors (Lipinski definition) is 3. The number of benzene rings is 2. The minimum atomic E-state index is -0.148. The van der Waals surface area contributed by atoms with E-state index in [1.54, 1.807) is 18.2 Å². The van der Waals surface area contributed by atoms with Gasteiger partial charge in [0, 0.05) is 5.69 Å². The van der Waals surface area contributed by atoms with Crippen LogP contribution < -0.4 is 15.1 Å². The number of quaternary nitrogens is 1. The van der Waals surface area contributed by atoms with Crippen LogP contribution in [0.4, 0.5) is 11.4 Å². The van der Waals surface area contributed by atoms with Gasteiger partial charge in [0.15, 0.2) is 6.04 Å². The lowest BCUT2D eigenvalue weighted by molar-refractivity contribution is -0.914. The molecule has 1 fully saturated rings. The maximum absolute atomic E-state index is 12.6. The first-order valence-corrected chi connectivity index (χ1v) is 8.63. The summed E-state index contributed by atoms with van der Waals surface area (Å²) in [5.41, 5.74) is 2.32. The third-order valence-corrected chi connectivity index (χ3v) is 4.84. The number of nitrogens with zero attached hydrogens (tertiary/aromatic N) is 2. The molecule has 2 aromatic rings. The molecule has 5 heteroatoms. The molecule has 25 heavy (non-hydrogen) atoms. The zero-order chi connectivity index (χ0) is 17.6. The van der Waals surface area contributed by atoms with Crippen LogP contribution in [0.1, 0.15) is 12.5 Å². The van der Waals surface area contributed by atoms with E-state index in [0.29, 0.717) is 11.3 Å². The molecule has 128 valence electrons. The second-order valence-electron chi connectivity index (χ2n) is 6.35. The van der Waals surface area contributed by atoms with E-state index in [9.17, 15) is 4.79 Å². The topological polar surface area (TPSA) is 60.6 Å². The summed E-state index contributed by atoms with van der Waals surface area (Å²) in [4.78, 5) is 16.2. The lowest BCUT2D eigenvalue weighted by Gasteiger charge is -2.36. The van der Waals surface area contributed by atoms with Crippen molar-refractivity contribution in [2.45, 2.75) is 13.0 Å². The number of amides is 1. The Kier molecular flexibility index (Phi) is 5.32. The van der Waals surface area contributed by atoms with Gasteiger partial charge in [0.05, 0.1) is 37.4 Å². The smallest absolute Gasteiger partial charge is 0.282 e. The first-order valence-electron chi connectivity index (χ1n) is 8.63.